The van der Waals surface area contributed by atoms with Gasteiger partial charge in [0.05, 0.1) is 27.6 Å². The predicted octanol–water partition coefficient (Wildman–Crippen LogP) is 9.62. The van der Waals surface area contributed by atoms with E-state index >= 15 is 0 Å². The van der Waals surface area contributed by atoms with E-state index in [1.807, 2.05) is 37.3 Å². The zero-order valence-corrected chi connectivity index (χ0v) is 21.9. The molecule has 200 valence electrons. The first-order valence-electron chi connectivity index (χ1n) is 10.4. The highest BCUT2D eigenvalue weighted by molar-refractivity contribution is 9.11. The van der Waals surface area contributed by atoms with Crippen LogP contribution in [-0.2, 0) is 6.18 Å². The van der Waals surface area contributed by atoms with Crippen LogP contribution in [0.2, 0.25) is 0 Å². The summed E-state index contributed by atoms with van der Waals surface area (Å²) in [5.41, 5.74) is 0.442. The van der Waals surface area contributed by atoms with Crippen LogP contribution in [0.15, 0.2) is 76.6 Å². The largest absolute Gasteiger partial charge is 0.508 e. The number of carbonyl (C=O) groups excluding carboxylic acids is 2. The molecule has 0 aliphatic rings. The molecule has 1 N–H and O–H groups in total. The molecule has 4 aromatic rings. The van der Waals surface area contributed by atoms with Gasteiger partial charge in [-0.05, 0) is 83.5 Å². The lowest BCUT2D eigenvalue weighted by molar-refractivity contribution is -0.137. The van der Waals surface area contributed by atoms with Crippen LogP contribution in [-0.4, -0.2) is 24.8 Å². The molecule has 0 aliphatic heterocycles. The second-order valence-corrected chi connectivity index (χ2v) is 10.1. The lowest BCUT2D eigenvalue weighted by Gasteiger charge is -2.04. The molecule has 37 heavy (non-hydrogen) atoms. The van der Waals surface area contributed by atoms with E-state index in [0.717, 1.165) is 56.3 Å². The summed E-state index contributed by atoms with van der Waals surface area (Å²) in [5, 5.41) is 9.39. The minimum absolute atomic E-state index is 0. The molecule has 2 aromatic carbocycles. The van der Waals surface area contributed by atoms with Gasteiger partial charge >= 0.3 is 6.18 Å². The molecule has 4 nitrogen and oxygen atoms in total. The smallest absolute Gasteiger partial charge is 0.416 e. The second-order valence-electron chi connectivity index (χ2n) is 6.49. The van der Waals surface area contributed by atoms with E-state index in [0.29, 0.717) is 4.88 Å². The van der Waals surface area contributed by atoms with Gasteiger partial charge in [0.2, 0.25) is 0 Å². The quantitative estimate of drug-likeness (QED) is 0.182. The SMILES string of the molecule is C.Cc1ccc(Oc2ccc(C=O)s2)cc1.O=Cc1ccc(Br)s1.Oc1ccc(C(F)(F)F)cc1.[2H]CF. The summed E-state index contributed by atoms with van der Waals surface area (Å²) < 4.78 is 57.6. The Kier molecular flexibility index (Phi) is 15.1. The van der Waals surface area contributed by atoms with Crippen LogP contribution in [0.5, 0.6) is 16.6 Å². The summed E-state index contributed by atoms with van der Waals surface area (Å²) in [7, 11) is -1.00. The summed E-state index contributed by atoms with van der Waals surface area (Å²) in [6.07, 6.45) is -2.66. The van der Waals surface area contributed by atoms with Crippen molar-refractivity contribution in [1.82, 2.24) is 0 Å². The van der Waals surface area contributed by atoms with Crippen molar-refractivity contribution in [2.45, 2.75) is 20.5 Å². The summed E-state index contributed by atoms with van der Waals surface area (Å²) >= 11 is 6.01. The number of hydrogen-bond donors (Lipinski definition) is 1. The first-order valence-corrected chi connectivity index (χ1v) is 12.2. The van der Waals surface area contributed by atoms with Gasteiger partial charge in [-0.25, -0.2) is 0 Å². The molecule has 4 rings (SSSR count). The third kappa shape index (κ3) is 13.2. The number of ether oxygens (including phenoxy) is 1. The van der Waals surface area contributed by atoms with Crippen molar-refractivity contribution in [3.05, 3.63) is 97.5 Å². The number of alkyl halides is 4. The number of hydrogen-bond acceptors (Lipinski definition) is 6. The van der Waals surface area contributed by atoms with Crippen molar-refractivity contribution in [3.8, 4) is 16.6 Å². The van der Waals surface area contributed by atoms with Gasteiger partial charge in [0, 0.05) is 0 Å². The van der Waals surface area contributed by atoms with Gasteiger partial charge in [0.15, 0.2) is 17.6 Å². The Labute approximate surface area is 230 Å². The number of phenolic OH excluding ortho intramolecular Hbond substituents is 1. The van der Waals surface area contributed by atoms with Crippen LogP contribution in [0, 0.1) is 6.92 Å². The molecular weight excluding hydrogens is 596 g/mol. The van der Waals surface area contributed by atoms with Gasteiger partial charge in [-0.3, -0.25) is 14.0 Å². The van der Waals surface area contributed by atoms with Gasteiger partial charge in [0.25, 0.3) is 0 Å². The number of aldehydes is 2. The molecule has 0 saturated heterocycles. The number of aryl methyl sites for hydroxylation is 1. The molecule has 0 amide bonds. The fourth-order valence-corrected chi connectivity index (χ4v) is 4.15. The molecule has 0 aliphatic carbocycles. The number of halogens is 5. The standard InChI is InChI=1S/C12H10O2S.C7H5F3O.C5H3BrOS.CH3F.CH4/c1-9-2-4-10(5-3-9)14-12-7-6-11(8-13)15-12;8-7(9,10)5-1-3-6(11)4-2-5;6-5-2-1-4(3-7)8-5;1-2;/h2-8H,1H3;1-4,11H;1-3H;1H3;1H4/i;;;1D;. The molecule has 0 radical (unpaired) electrons. The van der Waals surface area contributed by atoms with Crippen molar-refractivity contribution in [3.63, 3.8) is 0 Å². The number of phenols is 1. The first-order chi connectivity index (χ1) is 17.5. The Bertz CT molecular complexity index is 1210. The van der Waals surface area contributed by atoms with E-state index < -0.39 is 18.9 Å². The lowest BCUT2D eigenvalue weighted by atomic mass is 10.2. The number of thiophene rings is 2. The van der Waals surface area contributed by atoms with Crippen molar-refractivity contribution in [1.29, 1.82) is 0 Å². The molecule has 2 heterocycles. The lowest BCUT2D eigenvalue weighted by Crippen LogP contribution is -2.03. The molecule has 0 fully saturated rings. The molecule has 0 saturated carbocycles. The Balaban J connectivity index is 0.000000528. The van der Waals surface area contributed by atoms with E-state index in [1.165, 1.54) is 28.2 Å². The number of benzene rings is 2. The monoisotopic (exact) mass is 621 g/mol. The van der Waals surface area contributed by atoms with Gasteiger partial charge < -0.3 is 9.84 Å². The maximum absolute atomic E-state index is 11.8. The first kappa shape index (κ1) is 32.0. The van der Waals surface area contributed by atoms with Crippen molar-refractivity contribution >= 4 is 51.2 Å². The molecule has 11 heteroatoms. The summed E-state index contributed by atoms with van der Waals surface area (Å²) in [4.78, 5) is 21.9. The van der Waals surface area contributed by atoms with Crippen LogP contribution in [0.3, 0.4) is 0 Å². The number of carbonyl (C=O) groups is 2. The number of aromatic hydroxyl groups is 1. The van der Waals surface area contributed by atoms with E-state index in [-0.39, 0.29) is 13.2 Å². The zero-order chi connectivity index (χ0) is 27.8. The molecular formula is C26H25BrF4O4S2. The third-order valence-electron chi connectivity index (χ3n) is 3.86. The average Bonchev–Trinajstić information content (AvgIpc) is 3.50. The molecule has 0 atom stereocenters. The Morgan fingerprint density at radius 3 is 1.81 bits per heavy atom. The maximum atomic E-state index is 11.8. The maximum Gasteiger partial charge on any atom is 0.416 e. The van der Waals surface area contributed by atoms with Crippen molar-refractivity contribution in [2.24, 2.45) is 0 Å². The van der Waals surface area contributed by atoms with Crippen molar-refractivity contribution in [2.75, 3.05) is 7.15 Å². The summed E-state index contributed by atoms with van der Waals surface area (Å²) in [6.45, 7) is 2.03. The van der Waals surface area contributed by atoms with Gasteiger partial charge in [-0.2, -0.15) is 13.2 Å². The van der Waals surface area contributed by atoms with Crippen LogP contribution < -0.4 is 4.74 Å². The molecule has 0 bridgehead atoms. The fourth-order valence-electron chi connectivity index (χ4n) is 2.22. The Morgan fingerprint density at radius 1 is 0.892 bits per heavy atom. The van der Waals surface area contributed by atoms with Gasteiger partial charge in [-0.1, -0.05) is 36.5 Å². The summed E-state index contributed by atoms with van der Waals surface area (Å²) in [5.74, 6) is 0.623. The summed E-state index contributed by atoms with van der Waals surface area (Å²) in [6, 6.07) is 18.7. The minimum Gasteiger partial charge on any atom is -0.508 e. The van der Waals surface area contributed by atoms with E-state index in [9.17, 15) is 27.2 Å². The second kappa shape index (κ2) is 17.4. The highest BCUT2D eigenvalue weighted by Crippen LogP contribution is 2.30. The third-order valence-corrected chi connectivity index (χ3v) is 6.30. The van der Waals surface area contributed by atoms with Crippen LogP contribution >= 0.6 is 38.6 Å². The molecule has 0 spiro atoms. The average molecular weight is 623 g/mol. The number of rotatable bonds is 4. The van der Waals surface area contributed by atoms with Gasteiger partial charge in [-0.15, -0.1) is 11.3 Å². The zero-order valence-electron chi connectivity index (χ0n) is 19.7. The van der Waals surface area contributed by atoms with E-state index in [1.54, 1.807) is 18.2 Å². The van der Waals surface area contributed by atoms with Gasteiger partial charge in [0.1, 0.15) is 11.5 Å². The Morgan fingerprint density at radius 2 is 1.41 bits per heavy atom. The predicted molar refractivity (Wildman–Crippen MR) is 145 cm³/mol. The Hall–Kier alpha value is -3.02. The van der Waals surface area contributed by atoms with Crippen molar-refractivity contribution < 1.29 is 38.4 Å². The van der Waals surface area contributed by atoms with E-state index in [4.69, 9.17) is 11.2 Å². The fraction of sp³-hybridized carbons (Fsp3) is 0.154. The van der Waals surface area contributed by atoms with E-state index in [2.05, 4.69) is 15.9 Å². The van der Waals surface area contributed by atoms with Crippen LogP contribution in [0.1, 0.15) is 39.3 Å². The minimum atomic E-state index is -4.33. The van der Waals surface area contributed by atoms with Crippen LogP contribution in [0.4, 0.5) is 17.6 Å². The highest BCUT2D eigenvalue weighted by Gasteiger charge is 2.29. The molecule has 2 aromatic heterocycles. The normalized spacial score (nSPS) is 9.95. The molecule has 0 unspecified atom stereocenters. The topological polar surface area (TPSA) is 63.6 Å². The van der Waals surface area contributed by atoms with Crippen LogP contribution in [0.25, 0.3) is 0 Å². The highest BCUT2D eigenvalue weighted by atomic mass is 79.9.